The Labute approximate surface area is 157 Å². The fourth-order valence-corrected chi connectivity index (χ4v) is 3.22. The van der Waals surface area contributed by atoms with Crippen LogP contribution in [0.2, 0.25) is 0 Å². The summed E-state index contributed by atoms with van der Waals surface area (Å²) in [5, 5.41) is 15.7. The van der Waals surface area contributed by atoms with E-state index < -0.39 is 0 Å². The van der Waals surface area contributed by atoms with Crippen LogP contribution in [0, 0.1) is 5.92 Å². The van der Waals surface area contributed by atoms with E-state index in [0.29, 0.717) is 12.4 Å². The third-order valence-corrected chi connectivity index (χ3v) is 4.75. The van der Waals surface area contributed by atoms with Crippen molar-refractivity contribution in [3.8, 4) is 5.82 Å². The number of hydrogen-bond acceptors (Lipinski definition) is 6. The van der Waals surface area contributed by atoms with E-state index in [1.54, 1.807) is 23.3 Å². The van der Waals surface area contributed by atoms with E-state index >= 15 is 0 Å². The normalized spacial score (nSPS) is 14.9. The van der Waals surface area contributed by atoms with Gasteiger partial charge in [-0.3, -0.25) is 9.78 Å². The summed E-state index contributed by atoms with van der Waals surface area (Å²) in [6.07, 6.45) is 8.65. The van der Waals surface area contributed by atoms with E-state index in [4.69, 9.17) is 0 Å². The number of rotatable bonds is 5. The van der Waals surface area contributed by atoms with Gasteiger partial charge in [0, 0.05) is 50.3 Å². The zero-order chi connectivity index (χ0) is 18.5. The molecule has 1 N–H and O–H groups in total. The molecule has 1 aliphatic heterocycles. The molecule has 0 saturated carbocycles. The Morgan fingerprint density at radius 2 is 1.89 bits per heavy atom. The lowest BCUT2D eigenvalue weighted by Crippen LogP contribution is -2.40. The molecule has 0 aliphatic carbocycles. The highest BCUT2D eigenvalue weighted by Gasteiger charge is 2.25. The van der Waals surface area contributed by atoms with Crippen molar-refractivity contribution < 1.29 is 4.79 Å². The van der Waals surface area contributed by atoms with E-state index in [2.05, 4.69) is 30.5 Å². The summed E-state index contributed by atoms with van der Waals surface area (Å²) >= 11 is 0. The summed E-state index contributed by atoms with van der Waals surface area (Å²) in [5.41, 5.74) is 1.01. The van der Waals surface area contributed by atoms with Gasteiger partial charge < -0.3 is 10.2 Å². The maximum atomic E-state index is 12.4. The minimum absolute atomic E-state index is 0.0363. The topological polar surface area (TPSA) is 88.8 Å². The Balaban J connectivity index is 1.29. The van der Waals surface area contributed by atoms with Crippen molar-refractivity contribution >= 4 is 11.7 Å². The first kappa shape index (κ1) is 17.1. The molecular weight excluding hydrogens is 342 g/mol. The highest BCUT2D eigenvalue weighted by molar-refractivity contribution is 5.78. The minimum Gasteiger partial charge on any atom is -0.355 e. The fourth-order valence-electron chi connectivity index (χ4n) is 3.22. The summed E-state index contributed by atoms with van der Waals surface area (Å²) in [5.74, 6) is 1.67. The number of amides is 1. The SMILES string of the molecule is O=C(NCc1cccnc1)C1CCN(c2ccc(-n3cccn3)nn2)CC1. The fraction of sp³-hybridized carbons (Fsp3) is 0.316. The highest BCUT2D eigenvalue weighted by Crippen LogP contribution is 2.22. The second-order valence-corrected chi connectivity index (χ2v) is 6.54. The lowest BCUT2D eigenvalue weighted by Gasteiger charge is -2.31. The van der Waals surface area contributed by atoms with Gasteiger partial charge in [-0.1, -0.05) is 6.07 Å². The van der Waals surface area contributed by atoms with Gasteiger partial charge in [-0.25, -0.2) is 4.68 Å². The van der Waals surface area contributed by atoms with Gasteiger partial charge in [0.15, 0.2) is 11.6 Å². The molecule has 0 radical (unpaired) electrons. The molecular formula is C19H21N7O. The zero-order valence-corrected chi connectivity index (χ0v) is 14.9. The molecule has 0 unspecified atom stereocenters. The molecule has 138 valence electrons. The highest BCUT2D eigenvalue weighted by atomic mass is 16.1. The number of pyridine rings is 1. The first-order valence-electron chi connectivity index (χ1n) is 9.05. The van der Waals surface area contributed by atoms with E-state index in [0.717, 1.165) is 37.3 Å². The number of carbonyl (C=O) groups is 1. The van der Waals surface area contributed by atoms with Crippen LogP contribution in [0.25, 0.3) is 5.82 Å². The molecule has 0 spiro atoms. The van der Waals surface area contributed by atoms with Gasteiger partial charge in [0.2, 0.25) is 5.91 Å². The molecule has 0 atom stereocenters. The predicted molar refractivity (Wildman–Crippen MR) is 100 cm³/mol. The van der Waals surface area contributed by atoms with Crippen molar-refractivity contribution in [2.75, 3.05) is 18.0 Å². The smallest absolute Gasteiger partial charge is 0.223 e. The first-order chi connectivity index (χ1) is 13.3. The van der Waals surface area contributed by atoms with E-state index in [1.165, 1.54) is 0 Å². The molecule has 1 amide bonds. The molecule has 4 heterocycles. The number of anilines is 1. The lowest BCUT2D eigenvalue weighted by molar-refractivity contribution is -0.125. The summed E-state index contributed by atoms with van der Waals surface area (Å²) in [4.78, 5) is 18.6. The summed E-state index contributed by atoms with van der Waals surface area (Å²) in [7, 11) is 0. The molecule has 0 aromatic carbocycles. The van der Waals surface area contributed by atoms with Crippen LogP contribution in [0.15, 0.2) is 55.1 Å². The Morgan fingerprint density at radius 1 is 1.07 bits per heavy atom. The summed E-state index contributed by atoms with van der Waals surface area (Å²) in [6.45, 7) is 2.11. The largest absolute Gasteiger partial charge is 0.355 e. The molecule has 27 heavy (non-hydrogen) atoms. The van der Waals surface area contributed by atoms with Crippen molar-refractivity contribution in [1.82, 2.24) is 30.3 Å². The quantitative estimate of drug-likeness (QED) is 0.741. The van der Waals surface area contributed by atoms with Crippen molar-refractivity contribution in [3.05, 3.63) is 60.7 Å². The van der Waals surface area contributed by atoms with Gasteiger partial charge in [0.25, 0.3) is 0 Å². The second-order valence-electron chi connectivity index (χ2n) is 6.54. The van der Waals surface area contributed by atoms with Gasteiger partial charge >= 0.3 is 0 Å². The van der Waals surface area contributed by atoms with Crippen LogP contribution in [0.5, 0.6) is 0 Å². The Bertz CT molecular complexity index is 857. The molecule has 8 heteroatoms. The van der Waals surface area contributed by atoms with Gasteiger partial charge in [-0.15, -0.1) is 10.2 Å². The zero-order valence-electron chi connectivity index (χ0n) is 14.9. The standard InChI is InChI=1S/C19H21N7O/c27-19(21-14-15-3-1-8-20-13-15)16-6-11-25(12-7-16)17-4-5-18(24-23-17)26-10-2-9-22-26/h1-5,8-10,13,16H,6-7,11-12,14H2,(H,21,27). The Morgan fingerprint density at radius 3 is 2.56 bits per heavy atom. The monoisotopic (exact) mass is 363 g/mol. The number of piperidine rings is 1. The van der Waals surface area contributed by atoms with Crippen LogP contribution in [0.3, 0.4) is 0 Å². The molecule has 4 rings (SSSR count). The molecule has 8 nitrogen and oxygen atoms in total. The average molecular weight is 363 g/mol. The van der Waals surface area contributed by atoms with Crippen LogP contribution < -0.4 is 10.2 Å². The van der Waals surface area contributed by atoms with Gasteiger partial charge in [-0.2, -0.15) is 5.10 Å². The number of aromatic nitrogens is 5. The third kappa shape index (κ3) is 4.11. The average Bonchev–Trinajstić information content (AvgIpc) is 3.28. The van der Waals surface area contributed by atoms with Crippen LogP contribution >= 0.6 is 0 Å². The van der Waals surface area contributed by atoms with E-state index in [9.17, 15) is 4.79 Å². The molecule has 1 aliphatic rings. The third-order valence-electron chi connectivity index (χ3n) is 4.75. The number of hydrogen-bond donors (Lipinski definition) is 1. The Hall–Kier alpha value is -3.29. The van der Waals surface area contributed by atoms with Crippen LogP contribution in [0.4, 0.5) is 5.82 Å². The number of nitrogens with one attached hydrogen (secondary N) is 1. The maximum Gasteiger partial charge on any atom is 0.223 e. The van der Waals surface area contributed by atoms with Crippen LogP contribution in [0.1, 0.15) is 18.4 Å². The molecule has 0 bridgehead atoms. The van der Waals surface area contributed by atoms with Crippen molar-refractivity contribution in [2.45, 2.75) is 19.4 Å². The van der Waals surface area contributed by atoms with E-state index in [-0.39, 0.29) is 11.8 Å². The van der Waals surface area contributed by atoms with Crippen LogP contribution in [-0.2, 0) is 11.3 Å². The van der Waals surface area contributed by atoms with Gasteiger partial charge in [0.05, 0.1) is 0 Å². The minimum atomic E-state index is 0.0363. The predicted octanol–water partition coefficient (Wildman–Crippen LogP) is 1.59. The first-order valence-corrected chi connectivity index (χ1v) is 9.05. The molecule has 3 aromatic rings. The van der Waals surface area contributed by atoms with Crippen molar-refractivity contribution in [1.29, 1.82) is 0 Å². The molecule has 3 aromatic heterocycles. The summed E-state index contributed by atoms with van der Waals surface area (Å²) in [6, 6.07) is 9.54. The Kier molecular flexibility index (Phi) is 5.04. The summed E-state index contributed by atoms with van der Waals surface area (Å²) < 4.78 is 1.68. The van der Waals surface area contributed by atoms with Gasteiger partial charge in [0.1, 0.15) is 0 Å². The van der Waals surface area contributed by atoms with Gasteiger partial charge in [-0.05, 0) is 42.7 Å². The second kappa shape index (κ2) is 7.94. The number of carbonyl (C=O) groups excluding carboxylic acids is 1. The molecule has 1 saturated heterocycles. The molecule has 1 fully saturated rings. The van der Waals surface area contributed by atoms with E-state index in [1.807, 2.05) is 36.5 Å². The van der Waals surface area contributed by atoms with Crippen molar-refractivity contribution in [2.24, 2.45) is 5.92 Å². The lowest BCUT2D eigenvalue weighted by atomic mass is 9.96. The number of nitrogens with zero attached hydrogens (tertiary/aromatic N) is 6. The van der Waals surface area contributed by atoms with Crippen LogP contribution in [-0.4, -0.2) is 44.0 Å². The van der Waals surface area contributed by atoms with Crippen molar-refractivity contribution in [3.63, 3.8) is 0 Å². The maximum absolute atomic E-state index is 12.4.